The average Bonchev–Trinajstić information content (AvgIpc) is 2.54. The minimum Gasteiger partial charge on any atom is -0.268 e. The number of nitriles is 1. The van der Waals surface area contributed by atoms with Crippen LogP contribution in [-0.4, -0.2) is 15.3 Å². The molecule has 0 aliphatic heterocycles. The van der Waals surface area contributed by atoms with Crippen molar-refractivity contribution in [1.82, 2.24) is 9.55 Å². The molecule has 3 aromatic rings. The molecular weight excluding hydrogens is 294 g/mol. The highest BCUT2D eigenvalue weighted by Gasteiger charge is 2.14. The van der Waals surface area contributed by atoms with E-state index in [0.29, 0.717) is 16.1 Å². The molecule has 1 heterocycles. The van der Waals surface area contributed by atoms with Gasteiger partial charge in [0, 0.05) is 0 Å². The number of fused-ring (bicyclic) bond motifs is 1. The van der Waals surface area contributed by atoms with Gasteiger partial charge in [-0.3, -0.25) is 9.36 Å². The summed E-state index contributed by atoms with van der Waals surface area (Å²) in [6.07, 6.45) is 0. The van der Waals surface area contributed by atoms with Crippen LogP contribution in [0.4, 0.5) is 0 Å². The van der Waals surface area contributed by atoms with Gasteiger partial charge in [0.1, 0.15) is 0 Å². The van der Waals surface area contributed by atoms with Crippen LogP contribution in [0.5, 0.6) is 0 Å². The first-order chi connectivity index (χ1) is 10.7. The minimum atomic E-state index is -0.111. The fourth-order valence-corrected chi connectivity index (χ4v) is 3.00. The van der Waals surface area contributed by atoms with Gasteiger partial charge >= 0.3 is 0 Å². The molecule has 1 aromatic heterocycles. The Morgan fingerprint density at radius 1 is 1.18 bits per heavy atom. The van der Waals surface area contributed by atoms with Gasteiger partial charge in [-0.15, -0.1) is 0 Å². The molecule has 0 spiro atoms. The summed E-state index contributed by atoms with van der Waals surface area (Å²) in [4.78, 5) is 17.5. The summed E-state index contributed by atoms with van der Waals surface area (Å²) in [5.74, 6) is 0.247. The summed E-state index contributed by atoms with van der Waals surface area (Å²) in [6.45, 7) is 1.95. The van der Waals surface area contributed by atoms with E-state index in [-0.39, 0.29) is 11.3 Å². The maximum Gasteiger partial charge on any atom is 0.266 e. The third-order valence-electron chi connectivity index (χ3n) is 3.37. The van der Waals surface area contributed by atoms with Crippen molar-refractivity contribution in [2.24, 2.45) is 0 Å². The van der Waals surface area contributed by atoms with Gasteiger partial charge in [0.2, 0.25) is 0 Å². The first-order valence-electron chi connectivity index (χ1n) is 6.80. The Morgan fingerprint density at radius 2 is 1.91 bits per heavy atom. The highest BCUT2D eigenvalue weighted by molar-refractivity contribution is 7.99. The fourth-order valence-electron chi connectivity index (χ4n) is 2.33. The van der Waals surface area contributed by atoms with Gasteiger partial charge in [-0.25, -0.2) is 4.98 Å². The number of benzene rings is 2. The lowest BCUT2D eigenvalue weighted by Crippen LogP contribution is -2.22. The Morgan fingerprint density at radius 3 is 2.68 bits per heavy atom. The Balaban J connectivity index is 2.36. The highest BCUT2D eigenvalue weighted by Crippen LogP contribution is 2.22. The van der Waals surface area contributed by atoms with E-state index in [1.807, 2.05) is 49.4 Å². The first-order valence-corrected chi connectivity index (χ1v) is 7.78. The number of nitrogens with zero attached hydrogens (tertiary/aromatic N) is 3. The van der Waals surface area contributed by atoms with E-state index >= 15 is 0 Å². The van der Waals surface area contributed by atoms with E-state index < -0.39 is 0 Å². The molecule has 0 aliphatic rings. The molecule has 0 bridgehead atoms. The molecular formula is C17H13N3OS. The summed E-state index contributed by atoms with van der Waals surface area (Å²) in [7, 11) is 0. The quantitative estimate of drug-likeness (QED) is 0.550. The molecule has 0 saturated carbocycles. The van der Waals surface area contributed by atoms with E-state index in [1.165, 1.54) is 11.8 Å². The third kappa shape index (κ3) is 2.49. The molecule has 0 unspecified atom stereocenters. The van der Waals surface area contributed by atoms with Crippen molar-refractivity contribution >= 4 is 22.7 Å². The Labute approximate surface area is 132 Å². The molecule has 0 radical (unpaired) electrons. The predicted octanol–water partition coefficient (Wildman–Crippen LogP) is 3.31. The van der Waals surface area contributed by atoms with E-state index in [2.05, 4.69) is 11.1 Å². The molecule has 0 saturated heterocycles. The topological polar surface area (TPSA) is 58.7 Å². The second-order valence-electron chi connectivity index (χ2n) is 4.79. The molecule has 0 atom stereocenters. The highest BCUT2D eigenvalue weighted by atomic mass is 32.2. The zero-order chi connectivity index (χ0) is 15.5. The van der Waals surface area contributed by atoms with Crippen molar-refractivity contribution in [2.75, 3.05) is 5.75 Å². The van der Waals surface area contributed by atoms with Crippen molar-refractivity contribution in [3.05, 3.63) is 64.4 Å². The van der Waals surface area contributed by atoms with E-state index in [1.54, 1.807) is 10.6 Å². The lowest BCUT2D eigenvalue weighted by molar-refractivity contribution is 0.815. The van der Waals surface area contributed by atoms with E-state index in [4.69, 9.17) is 5.26 Å². The number of aryl methyl sites for hydroxylation is 1. The van der Waals surface area contributed by atoms with Gasteiger partial charge in [0.15, 0.2) is 5.16 Å². The minimum absolute atomic E-state index is 0.111. The zero-order valence-corrected chi connectivity index (χ0v) is 12.8. The van der Waals surface area contributed by atoms with Crippen molar-refractivity contribution < 1.29 is 0 Å². The van der Waals surface area contributed by atoms with Crippen LogP contribution < -0.4 is 5.56 Å². The van der Waals surface area contributed by atoms with Crippen LogP contribution in [0, 0.1) is 18.3 Å². The van der Waals surface area contributed by atoms with E-state index in [9.17, 15) is 4.79 Å². The van der Waals surface area contributed by atoms with Crippen LogP contribution in [0.3, 0.4) is 0 Å². The second kappa shape index (κ2) is 6.04. The average molecular weight is 307 g/mol. The van der Waals surface area contributed by atoms with Gasteiger partial charge in [-0.1, -0.05) is 42.1 Å². The number of aromatic nitrogens is 2. The summed E-state index contributed by atoms with van der Waals surface area (Å²) in [5.41, 5.74) is 2.32. The Kier molecular flexibility index (Phi) is 3.94. The van der Waals surface area contributed by atoms with Crippen LogP contribution in [0.2, 0.25) is 0 Å². The third-order valence-corrected chi connectivity index (χ3v) is 4.17. The molecule has 0 aliphatic carbocycles. The van der Waals surface area contributed by atoms with Gasteiger partial charge < -0.3 is 0 Å². The molecule has 5 heteroatoms. The van der Waals surface area contributed by atoms with Crippen LogP contribution in [0.25, 0.3) is 16.6 Å². The first kappa shape index (κ1) is 14.4. The van der Waals surface area contributed by atoms with Gasteiger partial charge in [-0.05, 0) is 30.7 Å². The van der Waals surface area contributed by atoms with Gasteiger partial charge in [0.05, 0.1) is 28.4 Å². The Hall–Kier alpha value is -2.58. The number of para-hydroxylation sites is 2. The molecule has 0 amide bonds. The van der Waals surface area contributed by atoms with Crippen LogP contribution in [-0.2, 0) is 0 Å². The molecule has 0 fully saturated rings. The van der Waals surface area contributed by atoms with Gasteiger partial charge in [0.25, 0.3) is 5.56 Å². The maximum absolute atomic E-state index is 12.9. The lowest BCUT2D eigenvalue weighted by atomic mass is 10.2. The summed E-state index contributed by atoms with van der Waals surface area (Å²) >= 11 is 1.27. The molecule has 0 N–H and O–H groups in total. The molecule has 2 aromatic carbocycles. The lowest BCUT2D eigenvalue weighted by Gasteiger charge is -2.14. The zero-order valence-electron chi connectivity index (χ0n) is 12.0. The standard InChI is InChI=1S/C17H13N3OS/c1-12-6-2-5-9-15(12)20-16(21)13-7-3-4-8-14(13)19-17(20)22-11-10-18/h2-9H,11H2,1H3. The largest absolute Gasteiger partial charge is 0.268 e. The molecule has 108 valence electrons. The molecule has 4 nitrogen and oxygen atoms in total. The normalized spacial score (nSPS) is 10.5. The van der Waals surface area contributed by atoms with Crippen LogP contribution in [0.15, 0.2) is 58.5 Å². The fraction of sp³-hybridized carbons (Fsp3) is 0.118. The summed E-state index contributed by atoms with van der Waals surface area (Å²) in [5, 5.41) is 9.96. The smallest absolute Gasteiger partial charge is 0.266 e. The van der Waals surface area contributed by atoms with Crippen LogP contribution in [0.1, 0.15) is 5.56 Å². The summed E-state index contributed by atoms with van der Waals surface area (Å²) in [6, 6.07) is 17.0. The molecule has 3 rings (SSSR count). The van der Waals surface area contributed by atoms with Crippen LogP contribution >= 0.6 is 11.8 Å². The maximum atomic E-state index is 12.9. The van der Waals surface area contributed by atoms with E-state index in [0.717, 1.165) is 11.3 Å². The van der Waals surface area contributed by atoms with Gasteiger partial charge in [-0.2, -0.15) is 5.26 Å². The van der Waals surface area contributed by atoms with Crippen molar-refractivity contribution in [1.29, 1.82) is 5.26 Å². The summed E-state index contributed by atoms with van der Waals surface area (Å²) < 4.78 is 1.60. The molecule has 22 heavy (non-hydrogen) atoms. The van der Waals surface area contributed by atoms with Crippen molar-refractivity contribution in [3.63, 3.8) is 0 Å². The monoisotopic (exact) mass is 307 g/mol. The van der Waals surface area contributed by atoms with Crippen molar-refractivity contribution in [3.8, 4) is 11.8 Å². The predicted molar refractivity (Wildman–Crippen MR) is 88.4 cm³/mol. The number of rotatable bonds is 3. The SMILES string of the molecule is Cc1ccccc1-n1c(SCC#N)nc2ccccc2c1=O. The Bertz CT molecular complexity index is 941. The number of thioether (sulfide) groups is 1. The second-order valence-corrected chi connectivity index (χ2v) is 5.73. The number of hydrogen-bond acceptors (Lipinski definition) is 4. The van der Waals surface area contributed by atoms with Crippen molar-refractivity contribution in [2.45, 2.75) is 12.1 Å². The number of hydrogen-bond donors (Lipinski definition) is 0.